The lowest BCUT2D eigenvalue weighted by molar-refractivity contribution is -0.154. The van der Waals surface area contributed by atoms with Gasteiger partial charge in [-0.2, -0.15) is 0 Å². The predicted molar refractivity (Wildman–Crippen MR) is 135 cm³/mol. The van der Waals surface area contributed by atoms with Gasteiger partial charge in [-0.25, -0.2) is 4.98 Å². The summed E-state index contributed by atoms with van der Waals surface area (Å²) in [5.41, 5.74) is 1.06. The first kappa shape index (κ1) is 28.2. The number of fused-ring (bicyclic) bond motifs is 1. The van der Waals surface area contributed by atoms with Crippen molar-refractivity contribution in [1.29, 1.82) is 0 Å². The van der Waals surface area contributed by atoms with Gasteiger partial charge in [-0.05, 0) is 63.7 Å². The molecule has 2 aromatic rings. The molecule has 8 nitrogen and oxygen atoms in total. The smallest absolute Gasteiger partial charge is 0.313 e. The van der Waals surface area contributed by atoms with Gasteiger partial charge >= 0.3 is 5.97 Å². The number of hydrogen-bond acceptors (Lipinski definition) is 6. The number of amides is 1. The Kier molecular flexibility index (Phi) is 10.5. The van der Waals surface area contributed by atoms with E-state index in [9.17, 15) is 9.59 Å². The molecule has 1 aliphatic carbocycles. The van der Waals surface area contributed by atoms with Crippen LogP contribution in [0, 0.1) is 18.3 Å². The van der Waals surface area contributed by atoms with E-state index in [1.807, 2.05) is 25.3 Å². The van der Waals surface area contributed by atoms with E-state index in [0.717, 1.165) is 13.1 Å². The van der Waals surface area contributed by atoms with E-state index in [2.05, 4.69) is 15.6 Å². The zero-order valence-electron chi connectivity index (χ0n) is 19.9. The Balaban J connectivity index is 0.00000204. The van der Waals surface area contributed by atoms with E-state index in [4.69, 9.17) is 9.47 Å². The minimum atomic E-state index is -0.696. The number of nitrogens with one attached hydrogen (secondary N) is 2. The van der Waals surface area contributed by atoms with Gasteiger partial charge in [0.25, 0.3) is 5.91 Å². The van der Waals surface area contributed by atoms with Crippen LogP contribution in [0.3, 0.4) is 0 Å². The van der Waals surface area contributed by atoms with E-state index in [0.29, 0.717) is 48.2 Å². The number of carbonyl (C=O) groups excluding carboxylic acids is 2. The number of methoxy groups -OCH3 is 1. The van der Waals surface area contributed by atoms with Crippen molar-refractivity contribution in [3.63, 3.8) is 0 Å². The molecule has 0 spiro atoms. The molecule has 2 aromatic heterocycles. The number of esters is 1. The molecule has 1 saturated heterocycles. The molecular formula is C24H36Cl2N4O4. The lowest BCUT2D eigenvalue weighted by Gasteiger charge is -2.34. The van der Waals surface area contributed by atoms with Crippen LogP contribution in [-0.4, -0.2) is 54.6 Å². The molecule has 1 saturated carbocycles. The summed E-state index contributed by atoms with van der Waals surface area (Å²) in [6.07, 6.45) is 9.37. The van der Waals surface area contributed by atoms with Crippen LogP contribution in [-0.2, 0) is 9.53 Å². The fourth-order valence-electron chi connectivity index (χ4n) is 5.01. The average molecular weight is 515 g/mol. The topological polar surface area (TPSA) is 94.0 Å². The van der Waals surface area contributed by atoms with Gasteiger partial charge in [0.05, 0.1) is 24.8 Å². The number of halogens is 2. The molecule has 190 valence electrons. The minimum Gasteiger partial charge on any atom is -0.489 e. The van der Waals surface area contributed by atoms with Crippen molar-refractivity contribution in [3.05, 3.63) is 29.7 Å². The number of imidazole rings is 1. The summed E-state index contributed by atoms with van der Waals surface area (Å²) in [7, 11) is 1.40. The van der Waals surface area contributed by atoms with E-state index in [1.165, 1.54) is 39.2 Å². The second kappa shape index (κ2) is 12.6. The normalized spacial score (nSPS) is 17.8. The third-order valence-corrected chi connectivity index (χ3v) is 6.97. The van der Waals surface area contributed by atoms with Crippen LogP contribution in [0.15, 0.2) is 18.3 Å². The Hall–Kier alpha value is -2.03. The zero-order valence-corrected chi connectivity index (χ0v) is 21.6. The highest BCUT2D eigenvalue weighted by atomic mass is 35.5. The summed E-state index contributed by atoms with van der Waals surface area (Å²) in [5.74, 6) is 0.765. The fraction of sp³-hybridized carbons (Fsp3) is 0.625. The number of aromatic nitrogens is 2. The van der Waals surface area contributed by atoms with Crippen LogP contribution in [0.2, 0.25) is 0 Å². The highest BCUT2D eigenvalue weighted by molar-refractivity contribution is 5.95. The molecule has 1 amide bonds. The molecule has 2 fully saturated rings. The monoisotopic (exact) mass is 514 g/mol. The molecule has 34 heavy (non-hydrogen) atoms. The van der Waals surface area contributed by atoms with Crippen molar-refractivity contribution in [2.75, 3.05) is 33.4 Å². The first-order valence-corrected chi connectivity index (χ1v) is 11.7. The molecule has 2 N–H and O–H groups in total. The van der Waals surface area contributed by atoms with Crippen molar-refractivity contribution in [3.8, 4) is 5.75 Å². The largest absolute Gasteiger partial charge is 0.489 e. The lowest BCUT2D eigenvalue weighted by Crippen LogP contribution is -2.50. The Morgan fingerprint density at radius 3 is 2.59 bits per heavy atom. The number of aryl methyl sites for hydroxylation is 1. The molecule has 4 rings (SSSR count). The van der Waals surface area contributed by atoms with Gasteiger partial charge in [0.2, 0.25) is 0 Å². The molecule has 2 aliphatic rings. The van der Waals surface area contributed by atoms with Gasteiger partial charge in [-0.1, -0.05) is 19.3 Å². The van der Waals surface area contributed by atoms with Crippen LogP contribution >= 0.6 is 24.8 Å². The summed E-state index contributed by atoms with van der Waals surface area (Å²) >= 11 is 0. The number of pyridine rings is 1. The van der Waals surface area contributed by atoms with Crippen LogP contribution in [0.25, 0.3) is 5.65 Å². The molecule has 3 heterocycles. The molecular weight excluding hydrogens is 479 g/mol. The van der Waals surface area contributed by atoms with Crippen molar-refractivity contribution < 1.29 is 19.1 Å². The number of carbonyl (C=O) groups is 2. The lowest BCUT2D eigenvalue weighted by atomic mass is 9.79. The highest BCUT2D eigenvalue weighted by Crippen LogP contribution is 2.30. The molecule has 10 heteroatoms. The quantitative estimate of drug-likeness (QED) is 0.546. The fourth-order valence-corrected chi connectivity index (χ4v) is 5.01. The summed E-state index contributed by atoms with van der Waals surface area (Å²) in [6, 6.07) is 3.79. The molecule has 1 aliphatic heterocycles. The molecule has 0 aromatic carbocycles. The number of nitrogens with zero attached hydrogens (tertiary/aromatic N) is 2. The third kappa shape index (κ3) is 5.96. The Morgan fingerprint density at radius 2 is 1.91 bits per heavy atom. The minimum absolute atomic E-state index is 0. The number of hydrogen-bond donors (Lipinski definition) is 2. The van der Waals surface area contributed by atoms with Crippen LogP contribution in [0.4, 0.5) is 0 Å². The van der Waals surface area contributed by atoms with Crippen LogP contribution in [0.5, 0.6) is 5.75 Å². The highest BCUT2D eigenvalue weighted by Gasteiger charge is 2.41. The van der Waals surface area contributed by atoms with Crippen LogP contribution in [0.1, 0.15) is 61.1 Å². The summed E-state index contributed by atoms with van der Waals surface area (Å²) in [4.78, 5) is 30.3. The van der Waals surface area contributed by atoms with Crippen LogP contribution < -0.4 is 15.4 Å². The van der Waals surface area contributed by atoms with E-state index in [-0.39, 0.29) is 43.2 Å². The van der Waals surface area contributed by atoms with Crippen molar-refractivity contribution >= 4 is 42.3 Å². The third-order valence-electron chi connectivity index (χ3n) is 6.97. The maximum atomic E-state index is 13.2. The summed E-state index contributed by atoms with van der Waals surface area (Å²) in [6.45, 7) is 4.20. The summed E-state index contributed by atoms with van der Waals surface area (Å²) in [5, 5.41) is 6.24. The second-order valence-electron chi connectivity index (χ2n) is 9.13. The average Bonchev–Trinajstić information content (AvgIpc) is 3.18. The van der Waals surface area contributed by atoms with Gasteiger partial charge in [-0.3, -0.25) is 14.0 Å². The summed E-state index contributed by atoms with van der Waals surface area (Å²) < 4.78 is 13.0. The molecule has 0 atom stereocenters. The van der Waals surface area contributed by atoms with Crippen molar-refractivity contribution in [2.24, 2.45) is 11.3 Å². The van der Waals surface area contributed by atoms with Gasteiger partial charge < -0.3 is 20.1 Å². The predicted octanol–water partition coefficient (Wildman–Crippen LogP) is 3.72. The van der Waals surface area contributed by atoms with Gasteiger partial charge in [0.1, 0.15) is 5.69 Å². The first-order chi connectivity index (χ1) is 15.5. The van der Waals surface area contributed by atoms with E-state index >= 15 is 0 Å². The van der Waals surface area contributed by atoms with Gasteiger partial charge in [-0.15, -0.1) is 24.8 Å². The Labute approximate surface area is 213 Å². The Bertz CT molecular complexity index is 969. The van der Waals surface area contributed by atoms with E-state index < -0.39 is 5.41 Å². The molecule has 0 bridgehead atoms. The van der Waals surface area contributed by atoms with Crippen molar-refractivity contribution in [1.82, 2.24) is 20.0 Å². The second-order valence-corrected chi connectivity index (χ2v) is 9.13. The standard InChI is InChI=1S/C24H34N4O4.2ClH/c1-17-20(22(29)26-16-24(23(30)31-2)10-12-25-13-11-24)28-14-6-9-19(21(28)27-17)32-15-18-7-4-3-5-8-18;;/h6,9,14,18,25H,3-5,7-8,10-13,15-16H2,1-2H3,(H,26,29);2*1H. The number of rotatable bonds is 7. The van der Waals surface area contributed by atoms with Gasteiger partial charge in [0.15, 0.2) is 11.4 Å². The Morgan fingerprint density at radius 1 is 1.21 bits per heavy atom. The maximum Gasteiger partial charge on any atom is 0.313 e. The zero-order chi connectivity index (χ0) is 22.6. The molecule has 0 unspecified atom stereocenters. The van der Waals surface area contributed by atoms with Crippen molar-refractivity contribution in [2.45, 2.75) is 51.9 Å². The SMILES string of the molecule is COC(=O)C1(CNC(=O)c2c(C)nc3c(OCC4CCCCC4)cccn23)CCNCC1.Cl.Cl. The number of ether oxygens (including phenoxy) is 2. The maximum absolute atomic E-state index is 13.2. The number of piperidine rings is 1. The first-order valence-electron chi connectivity index (χ1n) is 11.7. The molecule has 0 radical (unpaired) electrons. The van der Waals surface area contributed by atoms with E-state index in [1.54, 1.807) is 4.40 Å². The van der Waals surface area contributed by atoms with Gasteiger partial charge in [0, 0.05) is 12.7 Å².